The minimum atomic E-state index is -0.428. The second-order valence-corrected chi connectivity index (χ2v) is 6.94. The molecule has 0 spiro atoms. The summed E-state index contributed by atoms with van der Waals surface area (Å²) < 4.78 is 5.25. The lowest BCUT2D eigenvalue weighted by molar-refractivity contribution is -0.153. The molecule has 0 bridgehead atoms. The van der Waals surface area contributed by atoms with E-state index in [0.29, 0.717) is 6.42 Å². The number of hydrogen-bond donors (Lipinski definition) is 2. The lowest BCUT2D eigenvalue weighted by atomic mass is 10.0. The Bertz CT molecular complexity index is 594. The maximum Gasteiger partial charge on any atom is 0.325 e. The van der Waals surface area contributed by atoms with Crippen LogP contribution in [0.25, 0.3) is 0 Å². The molecule has 2 atom stereocenters. The van der Waals surface area contributed by atoms with E-state index in [1.807, 2.05) is 11.8 Å². The molecule has 2 heterocycles. The average molecular weight is 345 g/mol. The second-order valence-electron chi connectivity index (χ2n) is 6.94. The van der Waals surface area contributed by atoms with Gasteiger partial charge in [0.1, 0.15) is 6.04 Å². The van der Waals surface area contributed by atoms with Crippen LogP contribution in [0.5, 0.6) is 0 Å². The van der Waals surface area contributed by atoms with Gasteiger partial charge in [-0.2, -0.15) is 0 Å². The lowest BCUT2D eigenvalue weighted by Gasteiger charge is -2.20. The summed E-state index contributed by atoms with van der Waals surface area (Å²) in [6, 6.07) is 7.88. The van der Waals surface area contributed by atoms with Crippen molar-refractivity contribution in [2.45, 2.75) is 51.1 Å². The molecule has 2 aliphatic heterocycles. The standard InChI is InChI=1S/C19H27N3O3/c1-14-6-8-15(9-7-14)16-12-17(21-20-16)19(24)25-13-18(23)22-10-4-2-3-5-11-22/h6-9,16-17,20-21H,2-5,10-13H2,1H3. The summed E-state index contributed by atoms with van der Waals surface area (Å²) in [6.45, 7) is 3.43. The first-order valence-corrected chi connectivity index (χ1v) is 9.15. The zero-order valence-electron chi connectivity index (χ0n) is 14.8. The summed E-state index contributed by atoms with van der Waals surface area (Å²) in [4.78, 5) is 26.3. The van der Waals surface area contributed by atoms with Gasteiger partial charge in [0.2, 0.25) is 0 Å². The number of esters is 1. The van der Waals surface area contributed by atoms with Gasteiger partial charge < -0.3 is 9.64 Å². The smallest absolute Gasteiger partial charge is 0.325 e. The van der Waals surface area contributed by atoms with Crippen LogP contribution in [-0.2, 0) is 14.3 Å². The highest BCUT2D eigenvalue weighted by Crippen LogP contribution is 2.23. The molecule has 2 unspecified atom stereocenters. The van der Waals surface area contributed by atoms with E-state index in [1.165, 1.54) is 18.4 Å². The average Bonchev–Trinajstić information content (AvgIpc) is 2.95. The van der Waals surface area contributed by atoms with E-state index in [2.05, 4.69) is 35.1 Å². The van der Waals surface area contributed by atoms with Crippen LogP contribution >= 0.6 is 0 Å². The van der Waals surface area contributed by atoms with Crippen molar-refractivity contribution in [3.8, 4) is 0 Å². The number of ether oxygens (including phenoxy) is 1. The van der Waals surface area contributed by atoms with E-state index < -0.39 is 6.04 Å². The Kier molecular flexibility index (Phi) is 6.04. The molecule has 136 valence electrons. The van der Waals surface area contributed by atoms with Gasteiger partial charge in [-0.3, -0.25) is 9.59 Å². The fraction of sp³-hybridized carbons (Fsp3) is 0.579. The molecular formula is C19H27N3O3. The molecule has 6 heteroatoms. The van der Waals surface area contributed by atoms with Gasteiger partial charge in [0.05, 0.1) is 0 Å². The quantitative estimate of drug-likeness (QED) is 0.815. The van der Waals surface area contributed by atoms with E-state index in [0.717, 1.165) is 31.5 Å². The monoisotopic (exact) mass is 345 g/mol. The Morgan fingerprint density at radius 3 is 2.44 bits per heavy atom. The molecular weight excluding hydrogens is 318 g/mol. The molecule has 2 aliphatic rings. The van der Waals surface area contributed by atoms with Crippen LogP contribution in [0.4, 0.5) is 0 Å². The van der Waals surface area contributed by atoms with Crippen LogP contribution < -0.4 is 10.9 Å². The predicted octanol–water partition coefficient (Wildman–Crippen LogP) is 1.85. The third-order valence-electron chi connectivity index (χ3n) is 4.96. The first-order valence-electron chi connectivity index (χ1n) is 9.15. The van der Waals surface area contributed by atoms with Gasteiger partial charge in [-0.05, 0) is 31.7 Å². The number of rotatable bonds is 4. The Labute approximate surface area is 148 Å². The van der Waals surface area contributed by atoms with Gasteiger partial charge in [0, 0.05) is 19.1 Å². The minimum Gasteiger partial charge on any atom is -0.454 e. The Morgan fingerprint density at radius 1 is 1.08 bits per heavy atom. The fourth-order valence-electron chi connectivity index (χ4n) is 3.37. The first kappa shape index (κ1) is 17.9. The van der Waals surface area contributed by atoms with Crippen molar-refractivity contribution < 1.29 is 14.3 Å². The van der Waals surface area contributed by atoms with Crippen molar-refractivity contribution in [3.63, 3.8) is 0 Å². The maximum atomic E-state index is 12.2. The minimum absolute atomic E-state index is 0.0689. The van der Waals surface area contributed by atoms with E-state index in [-0.39, 0.29) is 24.5 Å². The number of hydrazine groups is 1. The number of nitrogens with one attached hydrogen (secondary N) is 2. The summed E-state index contributed by atoms with van der Waals surface area (Å²) in [5, 5.41) is 0. The zero-order chi connectivity index (χ0) is 17.6. The summed E-state index contributed by atoms with van der Waals surface area (Å²) in [5.41, 5.74) is 8.46. The topological polar surface area (TPSA) is 70.7 Å². The largest absolute Gasteiger partial charge is 0.454 e. The lowest BCUT2D eigenvalue weighted by Crippen LogP contribution is -2.40. The third kappa shape index (κ3) is 4.80. The van der Waals surface area contributed by atoms with E-state index in [4.69, 9.17) is 4.74 Å². The molecule has 1 aromatic carbocycles. The fourth-order valence-corrected chi connectivity index (χ4v) is 3.37. The molecule has 1 aromatic rings. The second kappa shape index (κ2) is 8.45. The zero-order valence-corrected chi connectivity index (χ0v) is 14.8. The molecule has 0 saturated carbocycles. The van der Waals surface area contributed by atoms with Crippen molar-refractivity contribution >= 4 is 11.9 Å². The molecule has 0 aromatic heterocycles. The normalized spacial score (nSPS) is 24.0. The van der Waals surface area contributed by atoms with Crippen LogP contribution in [-0.4, -0.2) is 42.5 Å². The van der Waals surface area contributed by atoms with Crippen molar-refractivity contribution in [3.05, 3.63) is 35.4 Å². The number of nitrogens with zero attached hydrogens (tertiary/aromatic N) is 1. The predicted molar refractivity (Wildman–Crippen MR) is 94.6 cm³/mol. The van der Waals surface area contributed by atoms with Gasteiger partial charge >= 0.3 is 5.97 Å². The Hall–Kier alpha value is -1.92. The summed E-state index contributed by atoms with van der Waals surface area (Å²) in [6.07, 6.45) is 5.01. The van der Waals surface area contributed by atoms with Crippen LogP contribution in [0, 0.1) is 6.92 Å². The summed E-state index contributed by atoms with van der Waals surface area (Å²) in [7, 11) is 0. The van der Waals surface area contributed by atoms with Crippen LogP contribution in [0.2, 0.25) is 0 Å². The number of carbonyl (C=O) groups excluding carboxylic acids is 2. The molecule has 2 saturated heterocycles. The molecule has 0 radical (unpaired) electrons. The number of carbonyl (C=O) groups is 2. The number of hydrogen-bond acceptors (Lipinski definition) is 5. The highest BCUT2D eigenvalue weighted by atomic mass is 16.5. The van der Waals surface area contributed by atoms with E-state index in [1.54, 1.807) is 0 Å². The van der Waals surface area contributed by atoms with Crippen molar-refractivity contribution in [2.75, 3.05) is 19.7 Å². The molecule has 0 aliphatic carbocycles. The molecule has 2 fully saturated rings. The summed E-state index contributed by atoms with van der Waals surface area (Å²) >= 11 is 0. The van der Waals surface area contributed by atoms with E-state index >= 15 is 0 Å². The van der Waals surface area contributed by atoms with Gasteiger partial charge in [0.25, 0.3) is 5.91 Å². The maximum absolute atomic E-state index is 12.2. The first-order chi connectivity index (χ1) is 12.1. The Morgan fingerprint density at radius 2 is 1.76 bits per heavy atom. The van der Waals surface area contributed by atoms with Crippen molar-refractivity contribution in [1.82, 2.24) is 15.8 Å². The number of aryl methyl sites for hydroxylation is 1. The number of likely N-dealkylation sites (tertiary alicyclic amines) is 1. The highest BCUT2D eigenvalue weighted by molar-refractivity contribution is 5.82. The molecule has 25 heavy (non-hydrogen) atoms. The van der Waals surface area contributed by atoms with Crippen LogP contribution in [0.1, 0.15) is 49.3 Å². The van der Waals surface area contributed by atoms with Gasteiger partial charge in [-0.25, -0.2) is 10.9 Å². The molecule has 6 nitrogen and oxygen atoms in total. The van der Waals surface area contributed by atoms with Crippen LogP contribution in [0.3, 0.4) is 0 Å². The number of benzene rings is 1. The van der Waals surface area contributed by atoms with Gasteiger partial charge in [-0.15, -0.1) is 0 Å². The SMILES string of the molecule is Cc1ccc(C2CC(C(=O)OCC(=O)N3CCCCCC3)NN2)cc1. The van der Waals surface area contributed by atoms with E-state index in [9.17, 15) is 9.59 Å². The number of amides is 1. The van der Waals surface area contributed by atoms with Gasteiger partial charge in [0.15, 0.2) is 6.61 Å². The third-order valence-corrected chi connectivity index (χ3v) is 4.96. The molecule has 1 amide bonds. The molecule has 2 N–H and O–H groups in total. The summed E-state index contributed by atoms with van der Waals surface area (Å²) in [5.74, 6) is -0.457. The van der Waals surface area contributed by atoms with Gasteiger partial charge in [-0.1, -0.05) is 42.7 Å². The highest BCUT2D eigenvalue weighted by Gasteiger charge is 2.31. The van der Waals surface area contributed by atoms with Crippen LogP contribution in [0.15, 0.2) is 24.3 Å². The van der Waals surface area contributed by atoms with Crippen molar-refractivity contribution in [2.24, 2.45) is 0 Å². The van der Waals surface area contributed by atoms with Crippen molar-refractivity contribution in [1.29, 1.82) is 0 Å². The Balaban J connectivity index is 1.45. The molecule has 3 rings (SSSR count).